The van der Waals surface area contributed by atoms with Crippen LogP contribution in [-0.2, 0) is 12.6 Å². The lowest BCUT2D eigenvalue weighted by atomic mass is 10.00. The third-order valence-corrected chi connectivity index (χ3v) is 3.45. The highest BCUT2D eigenvalue weighted by Crippen LogP contribution is 2.18. The minimum absolute atomic E-state index is 0.0247. The maximum Gasteiger partial charge on any atom is 0.319 e. The number of hydrogen-bond acceptors (Lipinski definition) is 4. The van der Waals surface area contributed by atoms with E-state index in [-0.39, 0.29) is 12.3 Å². The summed E-state index contributed by atoms with van der Waals surface area (Å²) < 4.78 is 1.58. The minimum atomic E-state index is -1.23. The molecule has 2 amide bonds. The van der Waals surface area contributed by atoms with E-state index in [4.69, 9.17) is 0 Å². The Balaban J connectivity index is 1.95. The number of urea groups is 1. The Kier molecular flexibility index (Phi) is 4.80. The largest absolute Gasteiger partial charge is 0.383 e. The lowest BCUT2D eigenvalue weighted by Gasteiger charge is -2.22. The van der Waals surface area contributed by atoms with Crippen molar-refractivity contribution in [3.05, 3.63) is 47.8 Å². The zero-order valence-electron chi connectivity index (χ0n) is 13.3. The zero-order chi connectivity index (χ0) is 17.0. The van der Waals surface area contributed by atoms with Crippen molar-refractivity contribution in [3.63, 3.8) is 0 Å². The quantitative estimate of drug-likeness (QED) is 0.731. The molecule has 0 saturated heterocycles. The molecular formula is C16H20N4O3. The molecule has 0 aliphatic carbocycles. The number of aryl methyl sites for hydroxylation is 1. The van der Waals surface area contributed by atoms with Crippen LogP contribution in [0.5, 0.6) is 0 Å². The third-order valence-electron chi connectivity index (χ3n) is 3.45. The van der Waals surface area contributed by atoms with Crippen LogP contribution >= 0.6 is 0 Å². The fourth-order valence-corrected chi connectivity index (χ4v) is 2.05. The van der Waals surface area contributed by atoms with Crippen molar-refractivity contribution < 1.29 is 14.7 Å². The van der Waals surface area contributed by atoms with Crippen molar-refractivity contribution in [2.45, 2.75) is 19.4 Å². The fourth-order valence-electron chi connectivity index (χ4n) is 2.05. The second kappa shape index (κ2) is 6.62. The average Bonchev–Trinajstić information content (AvgIpc) is 2.93. The van der Waals surface area contributed by atoms with Gasteiger partial charge in [-0.05, 0) is 26.0 Å². The first kappa shape index (κ1) is 16.7. The number of carbonyl (C=O) groups excluding carboxylic acids is 2. The van der Waals surface area contributed by atoms with E-state index in [1.54, 1.807) is 55.3 Å². The number of anilines is 1. The van der Waals surface area contributed by atoms with Gasteiger partial charge in [0.2, 0.25) is 0 Å². The first-order chi connectivity index (χ1) is 10.8. The second-order valence-electron chi connectivity index (χ2n) is 5.62. The van der Waals surface area contributed by atoms with E-state index in [1.165, 1.54) is 6.92 Å². The molecule has 0 aliphatic rings. The average molecular weight is 316 g/mol. The van der Waals surface area contributed by atoms with Crippen LogP contribution in [0.1, 0.15) is 29.8 Å². The monoisotopic (exact) mass is 316 g/mol. The van der Waals surface area contributed by atoms with Gasteiger partial charge in [-0.2, -0.15) is 5.10 Å². The highest BCUT2D eigenvalue weighted by molar-refractivity contribution is 5.96. The van der Waals surface area contributed by atoms with Gasteiger partial charge in [0.1, 0.15) is 5.60 Å². The predicted octanol–water partition coefficient (Wildman–Crippen LogP) is 1.65. The van der Waals surface area contributed by atoms with Crippen molar-refractivity contribution in [2.75, 3.05) is 11.9 Å². The van der Waals surface area contributed by atoms with Gasteiger partial charge in [0.15, 0.2) is 5.78 Å². The van der Waals surface area contributed by atoms with E-state index in [0.29, 0.717) is 16.8 Å². The van der Waals surface area contributed by atoms with E-state index >= 15 is 0 Å². The molecule has 1 atom stereocenters. The highest BCUT2D eigenvalue weighted by Gasteiger charge is 2.25. The number of aromatic nitrogens is 2. The van der Waals surface area contributed by atoms with Gasteiger partial charge in [0, 0.05) is 30.1 Å². The summed E-state index contributed by atoms with van der Waals surface area (Å²) in [6.07, 6.45) is 3.24. The van der Waals surface area contributed by atoms with Gasteiger partial charge in [-0.3, -0.25) is 9.48 Å². The Morgan fingerprint density at radius 3 is 2.74 bits per heavy atom. The van der Waals surface area contributed by atoms with Gasteiger partial charge >= 0.3 is 6.03 Å². The standard InChI is InChI=1S/C16H20N4O3/c1-11(21)12-5-4-6-14(7-12)19-15(22)17-10-16(2,23)13-8-18-20(3)9-13/h4-9,23H,10H2,1-3H3,(H2,17,19,22)/t16-/m1/s1. The maximum atomic E-state index is 11.9. The van der Waals surface area contributed by atoms with Crippen LogP contribution in [0.4, 0.5) is 10.5 Å². The molecule has 23 heavy (non-hydrogen) atoms. The second-order valence-corrected chi connectivity index (χ2v) is 5.62. The molecule has 0 bridgehead atoms. The highest BCUT2D eigenvalue weighted by atomic mass is 16.3. The molecule has 0 spiro atoms. The number of nitrogens with one attached hydrogen (secondary N) is 2. The van der Waals surface area contributed by atoms with Crippen LogP contribution < -0.4 is 10.6 Å². The number of carbonyl (C=O) groups is 2. The number of nitrogens with zero attached hydrogens (tertiary/aromatic N) is 2. The Labute approximate surface area is 134 Å². The predicted molar refractivity (Wildman–Crippen MR) is 86.2 cm³/mol. The van der Waals surface area contributed by atoms with Crippen molar-refractivity contribution >= 4 is 17.5 Å². The zero-order valence-corrected chi connectivity index (χ0v) is 13.3. The van der Waals surface area contributed by atoms with Crippen LogP contribution in [0.15, 0.2) is 36.7 Å². The molecule has 122 valence electrons. The Hall–Kier alpha value is -2.67. The Morgan fingerprint density at radius 1 is 1.39 bits per heavy atom. The number of hydrogen-bond donors (Lipinski definition) is 3. The van der Waals surface area contributed by atoms with E-state index in [1.807, 2.05) is 0 Å². The van der Waals surface area contributed by atoms with Crippen LogP contribution in [0.3, 0.4) is 0 Å². The first-order valence-corrected chi connectivity index (χ1v) is 7.15. The lowest BCUT2D eigenvalue weighted by Crippen LogP contribution is -2.40. The van der Waals surface area contributed by atoms with Crippen LogP contribution in [0.2, 0.25) is 0 Å². The van der Waals surface area contributed by atoms with Crippen LogP contribution in [0, 0.1) is 0 Å². The summed E-state index contributed by atoms with van der Waals surface area (Å²) in [7, 11) is 1.75. The summed E-state index contributed by atoms with van der Waals surface area (Å²) in [6.45, 7) is 3.09. The minimum Gasteiger partial charge on any atom is -0.383 e. The maximum absolute atomic E-state index is 11.9. The summed E-state index contributed by atoms with van der Waals surface area (Å²) in [5, 5.41) is 19.6. The Bertz CT molecular complexity index is 722. The molecule has 1 heterocycles. The van der Waals surface area contributed by atoms with Gasteiger partial charge in [0.25, 0.3) is 0 Å². The molecule has 2 aromatic rings. The van der Waals surface area contributed by atoms with Gasteiger partial charge in [-0.1, -0.05) is 12.1 Å². The number of rotatable bonds is 5. The fraction of sp³-hybridized carbons (Fsp3) is 0.312. The lowest BCUT2D eigenvalue weighted by molar-refractivity contribution is 0.0599. The molecular weight excluding hydrogens is 296 g/mol. The van der Waals surface area contributed by atoms with E-state index in [0.717, 1.165) is 0 Å². The van der Waals surface area contributed by atoms with E-state index in [9.17, 15) is 14.7 Å². The number of Topliss-reactive ketones (excluding diaryl/α,β-unsaturated/α-hetero) is 1. The molecule has 0 unspecified atom stereocenters. The summed E-state index contributed by atoms with van der Waals surface area (Å²) in [5.41, 5.74) is 0.410. The molecule has 3 N–H and O–H groups in total. The topological polar surface area (TPSA) is 96.2 Å². The van der Waals surface area contributed by atoms with E-state index < -0.39 is 11.6 Å². The van der Waals surface area contributed by atoms with Gasteiger partial charge in [0.05, 0.1) is 12.7 Å². The smallest absolute Gasteiger partial charge is 0.319 e. The van der Waals surface area contributed by atoms with Crippen LogP contribution in [0.25, 0.3) is 0 Å². The summed E-state index contributed by atoms with van der Waals surface area (Å²) in [5.74, 6) is -0.0754. The molecule has 0 fully saturated rings. The third kappa shape index (κ3) is 4.40. The molecule has 0 saturated carbocycles. The molecule has 2 rings (SSSR count). The molecule has 7 nitrogen and oxygen atoms in total. The summed E-state index contributed by atoms with van der Waals surface area (Å²) in [4.78, 5) is 23.3. The molecule has 7 heteroatoms. The molecule has 1 aromatic carbocycles. The molecule has 0 radical (unpaired) electrons. The van der Waals surface area contributed by atoms with Crippen molar-refractivity contribution in [2.24, 2.45) is 7.05 Å². The summed E-state index contributed by atoms with van der Waals surface area (Å²) >= 11 is 0. The molecule has 0 aliphatic heterocycles. The van der Waals surface area contributed by atoms with Crippen molar-refractivity contribution in [1.29, 1.82) is 0 Å². The normalized spacial score (nSPS) is 13.2. The Morgan fingerprint density at radius 2 is 2.13 bits per heavy atom. The number of benzene rings is 1. The molecule has 1 aromatic heterocycles. The first-order valence-electron chi connectivity index (χ1n) is 7.15. The van der Waals surface area contributed by atoms with E-state index in [2.05, 4.69) is 15.7 Å². The number of ketones is 1. The van der Waals surface area contributed by atoms with Gasteiger partial charge < -0.3 is 15.7 Å². The SMILES string of the molecule is CC(=O)c1cccc(NC(=O)NC[C@@](C)(O)c2cnn(C)c2)c1. The van der Waals surface area contributed by atoms with Gasteiger partial charge in [-0.15, -0.1) is 0 Å². The van der Waals surface area contributed by atoms with Crippen molar-refractivity contribution in [1.82, 2.24) is 15.1 Å². The van der Waals surface area contributed by atoms with Crippen LogP contribution in [-0.4, -0.2) is 33.2 Å². The summed E-state index contributed by atoms with van der Waals surface area (Å²) in [6, 6.07) is 6.19. The van der Waals surface area contributed by atoms with Crippen molar-refractivity contribution in [3.8, 4) is 0 Å². The van der Waals surface area contributed by atoms with Gasteiger partial charge in [-0.25, -0.2) is 4.79 Å². The number of aliphatic hydroxyl groups is 1. The number of amides is 2.